The summed E-state index contributed by atoms with van der Waals surface area (Å²) in [5, 5.41) is 9.56. The molecule has 1 N–H and O–H groups in total. The summed E-state index contributed by atoms with van der Waals surface area (Å²) in [7, 11) is 0. The van der Waals surface area contributed by atoms with Gasteiger partial charge in [-0.15, -0.1) is 0 Å². The van der Waals surface area contributed by atoms with E-state index in [1.165, 1.54) is 32.1 Å². The van der Waals surface area contributed by atoms with Crippen LogP contribution in [0.3, 0.4) is 0 Å². The first-order chi connectivity index (χ1) is 5.70. The highest BCUT2D eigenvalue weighted by Gasteiger charge is 2.14. The van der Waals surface area contributed by atoms with Crippen molar-refractivity contribution in [2.75, 3.05) is 0 Å². The Morgan fingerprint density at radius 3 is 2.25 bits per heavy atom. The van der Waals surface area contributed by atoms with Gasteiger partial charge < -0.3 is 5.11 Å². The number of hydrogen-bond acceptors (Lipinski definition) is 1. The van der Waals surface area contributed by atoms with Gasteiger partial charge in [-0.3, -0.25) is 0 Å². The molecule has 1 nitrogen and oxygen atoms in total. The lowest BCUT2D eigenvalue weighted by Gasteiger charge is -2.21. The van der Waals surface area contributed by atoms with Crippen molar-refractivity contribution in [1.29, 1.82) is 0 Å². The van der Waals surface area contributed by atoms with Gasteiger partial charge >= 0.3 is 0 Å². The zero-order chi connectivity index (χ0) is 8.97. The summed E-state index contributed by atoms with van der Waals surface area (Å²) in [5.41, 5.74) is 1.08. The normalized spacial score (nSPS) is 19.2. The molecule has 0 aromatic heterocycles. The highest BCUT2D eigenvalue weighted by Crippen LogP contribution is 2.28. The Bertz CT molecular complexity index is 160. The number of rotatable bonds is 2. The van der Waals surface area contributed by atoms with Crippen LogP contribution in [-0.2, 0) is 0 Å². The maximum atomic E-state index is 9.56. The third-order valence-electron chi connectivity index (χ3n) is 2.78. The zero-order valence-electron chi connectivity index (χ0n) is 8.27. The van der Waals surface area contributed by atoms with Crippen molar-refractivity contribution in [3.05, 3.63) is 11.3 Å². The summed E-state index contributed by atoms with van der Waals surface area (Å²) in [6.07, 6.45) is 7.67. The van der Waals surface area contributed by atoms with Gasteiger partial charge in [-0.1, -0.05) is 32.1 Å². The second kappa shape index (κ2) is 4.54. The molecule has 0 aromatic rings. The molecule has 0 bridgehead atoms. The van der Waals surface area contributed by atoms with Gasteiger partial charge in [0.25, 0.3) is 0 Å². The topological polar surface area (TPSA) is 20.2 Å². The van der Waals surface area contributed by atoms with Crippen LogP contribution in [-0.4, -0.2) is 5.11 Å². The van der Waals surface area contributed by atoms with E-state index in [-0.39, 0.29) is 0 Å². The molecule has 1 aliphatic rings. The minimum atomic E-state index is 0.627. The lowest BCUT2D eigenvalue weighted by atomic mass is 9.86. The van der Waals surface area contributed by atoms with E-state index < -0.39 is 0 Å². The van der Waals surface area contributed by atoms with Crippen LogP contribution in [0.25, 0.3) is 0 Å². The molecular formula is C11H20O. The summed E-state index contributed by atoms with van der Waals surface area (Å²) >= 11 is 0. The summed E-state index contributed by atoms with van der Waals surface area (Å²) in [5.74, 6) is 1.38. The molecule has 0 atom stereocenters. The number of allylic oxidation sites excluding steroid dienone is 2. The number of hydrogen-bond donors (Lipinski definition) is 1. The maximum absolute atomic E-state index is 9.56. The number of aliphatic hydroxyl groups is 1. The molecule has 0 saturated heterocycles. The molecule has 0 aromatic carbocycles. The van der Waals surface area contributed by atoms with Gasteiger partial charge in [0.15, 0.2) is 0 Å². The van der Waals surface area contributed by atoms with E-state index in [0.29, 0.717) is 5.76 Å². The molecule has 0 radical (unpaired) electrons. The van der Waals surface area contributed by atoms with E-state index in [4.69, 9.17) is 0 Å². The molecule has 0 spiro atoms. The van der Waals surface area contributed by atoms with Crippen LogP contribution in [0.15, 0.2) is 11.3 Å². The molecule has 0 amide bonds. The minimum Gasteiger partial charge on any atom is -0.512 e. The smallest absolute Gasteiger partial charge is 0.0911 e. The first kappa shape index (κ1) is 9.63. The minimum absolute atomic E-state index is 0.627. The highest BCUT2D eigenvalue weighted by molar-refractivity contribution is 5.01. The van der Waals surface area contributed by atoms with Crippen molar-refractivity contribution >= 4 is 0 Å². The maximum Gasteiger partial charge on any atom is 0.0911 e. The average molecular weight is 168 g/mol. The van der Waals surface area contributed by atoms with E-state index in [2.05, 4.69) is 0 Å². The van der Waals surface area contributed by atoms with Gasteiger partial charge in [-0.2, -0.15) is 0 Å². The number of aliphatic hydroxyl groups excluding tert-OH is 1. The first-order valence-corrected chi connectivity index (χ1v) is 5.05. The van der Waals surface area contributed by atoms with Crippen LogP contribution in [0.5, 0.6) is 0 Å². The summed E-state index contributed by atoms with van der Waals surface area (Å²) < 4.78 is 0. The van der Waals surface area contributed by atoms with Crippen molar-refractivity contribution in [3.63, 3.8) is 0 Å². The van der Waals surface area contributed by atoms with Crippen molar-refractivity contribution in [3.8, 4) is 0 Å². The molecule has 0 unspecified atom stereocenters. The summed E-state index contributed by atoms with van der Waals surface area (Å²) in [4.78, 5) is 0. The van der Waals surface area contributed by atoms with Crippen molar-refractivity contribution < 1.29 is 5.11 Å². The van der Waals surface area contributed by atoms with E-state index >= 15 is 0 Å². The predicted molar refractivity (Wildman–Crippen MR) is 52.2 cm³/mol. The molecule has 0 heterocycles. The van der Waals surface area contributed by atoms with E-state index in [0.717, 1.165) is 17.9 Å². The Morgan fingerprint density at radius 2 is 1.75 bits per heavy atom. The molecule has 1 fully saturated rings. The van der Waals surface area contributed by atoms with Crippen LogP contribution < -0.4 is 0 Å². The third kappa shape index (κ3) is 2.88. The lowest BCUT2D eigenvalue weighted by molar-refractivity contribution is 0.293. The third-order valence-corrected chi connectivity index (χ3v) is 2.78. The second-order valence-corrected chi connectivity index (χ2v) is 4.15. The monoisotopic (exact) mass is 168 g/mol. The largest absolute Gasteiger partial charge is 0.512 e. The Balaban J connectivity index is 2.34. The fraction of sp³-hybridized carbons (Fsp3) is 0.818. The van der Waals surface area contributed by atoms with E-state index in [9.17, 15) is 5.11 Å². The van der Waals surface area contributed by atoms with Gasteiger partial charge in [-0.05, 0) is 25.3 Å². The Labute approximate surface area is 75.5 Å². The predicted octanol–water partition coefficient (Wildman–Crippen LogP) is 3.81. The van der Waals surface area contributed by atoms with Crippen LogP contribution in [0.4, 0.5) is 0 Å². The van der Waals surface area contributed by atoms with Crippen LogP contribution in [0, 0.1) is 5.92 Å². The van der Waals surface area contributed by atoms with Gasteiger partial charge in [0.2, 0.25) is 0 Å². The van der Waals surface area contributed by atoms with Crippen LogP contribution >= 0.6 is 0 Å². The van der Waals surface area contributed by atoms with E-state index in [1.807, 2.05) is 13.8 Å². The van der Waals surface area contributed by atoms with Crippen molar-refractivity contribution in [2.24, 2.45) is 5.92 Å². The van der Waals surface area contributed by atoms with Crippen LogP contribution in [0.1, 0.15) is 52.4 Å². The van der Waals surface area contributed by atoms with Gasteiger partial charge in [0, 0.05) is 6.42 Å². The molecular weight excluding hydrogens is 148 g/mol. The molecule has 70 valence electrons. The summed E-state index contributed by atoms with van der Waals surface area (Å²) in [6, 6.07) is 0. The fourth-order valence-electron chi connectivity index (χ4n) is 1.87. The zero-order valence-corrected chi connectivity index (χ0v) is 8.27. The van der Waals surface area contributed by atoms with Crippen molar-refractivity contribution in [1.82, 2.24) is 0 Å². The van der Waals surface area contributed by atoms with Crippen LogP contribution in [0.2, 0.25) is 0 Å². The fourth-order valence-corrected chi connectivity index (χ4v) is 1.87. The lowest BCUT2D eigenvalue weighted by Crippen LogP contribution is -2.07. The van der Waals surface area contributed by atoms with Gasteiger partial charge in [0.05, 0.1) is 5.76 Å². The highest BCUT2D eigenvalue weighted by atomic mass is 16.3. The second-order valence-electron chi connectivity index (χ2n) is 4.15. The van der Waals surface area contributed by atoms with Gasteiger partial charge in [0.1, 0.15) is 0 Å². The molecule has 1 aliphatic carbocycles. The molecule has 1 heteroatoms. The van der Waals surface area contributed by atoms with Crippen molar-refractivity contribution in [2.45, 2.75) is 52.4 Å². The quantitative estimate of drug-likeness (QED) is 0.622. The molecule has 12 heavy (non-hydrogen) atoms. The Morgan fingerprint density at radius 1 is 1.17 bits per heavy atom. The Kier molecular flexibility index (Phi) is 3.64. The first-order valence-electron chi connectivity index (χ1n) is 5.05. The SMILES string of the molecule is CC(C)=C(O)CC1CCCCC1. The van der Waals surface area contributed by atoms with E-state index in [1.54, 1.807) is 0 Å². The molecule has 1 saturated carbocycles. The standard InChI is InChI=1S/C11H20O/c1-9(2)11(12)8-10-6-4-3-5-7-10/h10,12H,3-8H2,1-2H3. The van der Waals surface area contributed by atoms with Gasteiger partial charge in [-0.25, -0.2) is 0 Å². The Hall–Kier alpha value is -0.460. The summed E-state index contributed by atoms with van der Waals surface area (Å²) in [6.45, 7) is 3.97. The molecule has 0 aliphatic heterocycles. The average Bonchev–Trinajstić information content (AvgIpc) is 2.06. The molecule has 1 rings (SSSR count).